The largest absolute Gasteiger partial charge is 0.494 e. The van der Waals surface area contributed by atoms with Gasteiger partial charge in [0.2, 0.25) is 0 Å². The lowest BCUT2D eigenvalue weighted by molar-refractivity contribution is -0.384. The molecule has 0 aliphatic heterocycles. The summed E-state index contributed by atoms with van der Waals surface area (Å²) in [5, 5.41) is 11.2. The summed E-state index contributed by atoms with van der Waals surface area (Å²) in [7, 11) is 0. The first-order valence-corrected chi connectivity index (χ1v) is 6.03. The minimum atomic E-state index is -0.480. The average molecular weight is 279 g/mol. The van der Waals surface area contributed by atoms with Crippen molar-refractivity contribution >= 4 is 17.3 Å². The SMILES string of the molecule is CCOc1cccc(-c2nc(Cl)ccc2[N+](=O)[O-])c1. The van der Waals surface area contributed by atoms with Crippen molar-refractivity contribution in [1.29, 1.82) is 0 Å². The molecular weight excluding hydrogens is 268 g/mol. The van der Waals surface area contributed by atoms with Gasteiger partial charge in [-0.2, -0.15) is 0 Å². The molecule has 0 saturated carbocycles. The number of benzene rings is 1. The van der Waals surface area contributed by atoms with Gasteiger partial charge in [0.25, 0.3) is 5.69 Å². The first-order chi connectivity index (χ1) is 9.11. The van der Waals surface area contributed by atoms with Gasteiger partial charge in [-0.05, 0) is 25.1 Å². The van der Waals surface area contributed by atoms with Crippen molar-refractivity contribution in [1.82, 2.24) is 4.98 Å². The van der Waals surface area contributed by atoms with E-state index in [1.807, 2.05) is 6.92 Å². The van der Waals surface area contributed by atoms with Crippen molar-refractivity contribution in [2.24, 2.45) is 0 Å². The Morgan fingerprint density at radius 2 is 2.16 bits per heavy atom. The molecule has 0 atom stereocenters. The van der Waals surface area contributed by atoms with Gasteiger partial charge in [-0.3, -0.25) is 10.1 Å². The monoisotopic (exact) mass is 278 g/mol. The molecule has 0 aliphatic rings. The molecule has 0 N–H and O–H groups in total. The number of pyridine rings is 1. The van der Waals surface area contributed by atoms with Crippen LogP contribution in [0, 0.1) is 10.1 Å². The Labute approximate surface area is 115 Å². The zero-order valence-corrected chi connectivity index (χ0v) is 10.9. The lowest BCUT2D eigenvalue weighted by Gasteiger charge is -2.06. The fourth-order valence-electron chi connectivity index (χ4n) is 1.69. The highest BCUT2D eigenvalue weighted by Crippen LogP contribution is 2.31. The maximum absolute atomic E-state index is 11.0. The summed E-state index contributed by atoms with van der Waals surface area (Å²) in [5.74, 6) is 0.635. The highest BCUT2D eigenvalue weighted by Gasteiger charge is 2.17. The van der Waals surface area contributed by atoms with E-state index < -0.39 is 4.92 Å². The average Bonchev–Trinajstić information content (AvgIpc) is 2.39. The van der Waals surface area contributed by atoms with E-state index in [1.165, 1.54) is 12.1 Å². The molecule has 0 bridgehead atoms. The number of rotatable bonds is 4. The van der Waals surface area contributed by atoms with Gasteiger partial charge in [0.05, 0.1) is 11.5 Å². The molecule has 0 amide bonds. The van der Waals surface area contributed by atoms with Crippen LogP contribution in [0.2, 0.25) is 5.15 Å². The fraction of sp³-hybridized carbons (Fsp3) is 0.154. The van der Waals surface area contributed by atoms with Crippen LogP contribution >= 0.6 is 11.6 Å². The summed E-state index contributed by atoms with van der Waals surface area (Å²) in [6.07, 6.45) is 0. The third-order valence-corrected chi connectivity index (χ3v) is 2.67. The summed E-state index contributed by atoms with van der Waals surface area (Å²) in [6, 6.07) is 9.72. The molecule has 6 heteroatoms. The number of nitro groups is 1. The second kappa shape index (κ2) is 5.67. The number of aromatic nitrogens is 1. The molecule has 0 spiro atoms. The number of nitrogens with zero attached hydrogens (tertiary/aromatic N) is 2. The maximum Gasteiger partial charge on any atom is 0.295 e. The molecule has 0 aliphatic carbocycles. The van der Waals surface area contributed by atoms with E-state index in [2.05, 4.69) is 4.98 Å². The predicted octanol–water partition coefficient (Wildman–Crippen LogP) is 3.71. The Morgan fingerprint density at radius 1 is 1.37 bits per heavy atom. The lowest BCUT2D eigenvalue weighted by atomic mass is 10.1. The van der Waals surface area contributed by atoms with Crippen molar-refractivity contribution in [3.63, 3.8) is 0 Å². The van der Waals surface area contributed by atoms with Gasteiger partial charge < -0.3 is 4.74 Å². The van der Waals surface area contributed by atoms with E-state index in [4.69, 9.17) is 16.3 Å². The first-order valence-electron chi connectivity index (χ1n) is 5.66. The predicted molar refractivity (Wildman–Crippen MR) is 72.5 cm³/mol. The van der Waals surface area contributed by atoms with Crippen LogP contribution in [0.25, 0.3) is 11.3 Å². The smallest absolute Gasteiger partial charge is 0.295 e. The second-order valence-corrected chi connectivity index (χ2v) is 4.11. The molecule has 19 heavy (non-hydrogen) atoms. The Kier molecular flexibility index (Phi) is 3.97. The standard InChI is InChI=1S/C13H11ClN2O3/c1-2-19-10-5-3-4-9(8-10)13-11(16(17)18)6-7-12(14)15-13/h3-8H,2H2,1H3. The summed E-state index contributed by atoms with van der Waals surface area (Å²) < 4.78 is 5.37. The Morgan fingerprint density at radius 3 is 2.84 bits per heavy atom. The van der Waals surface area contributed by atoms with E-state index in [0.717, 1.165) is 0 Å². The Bertz CT molecular complexity index is 617. The molecule has 0 unspecified atom stereocenters. The number of halogens is 1. The van der Waals surface area contributed by atoms with Gasteiger partial charge in [-0.15, -0.1) is 0 Å². The quantitative estimate of drug-likeness (QED) is 0.486. The van der Waals surface area contributed by atoms with Crippen molar-refractivity contribution in [3.05, 3.63) is 51.7 Å². The van der Waals surface area contributed by atoms with E-state index in [1.54, 1.807) is 24.3 Å². The van der Waals surface area contributed by atoms with Crippen molar-refractivity contribution in [3.8, 4) is 17.0 Å². The second-order valence-electron chi connectivity index (χ2n) is 3.72. The summed E-state index contributed by atoms with van der Waals surface area (Å²) >= 11 is 5.81. The van der Waals surface area contributed by atoms with E-state index in [0.29, 0.717) is 17.9 Å². The number of ether oxygens (including phenoxy) is 1. The Hall–Kier alpha value is -2.14. The van der Waals surface area contributed by atoms with Crippen LogP contribution in [0.4, 0.5) is 5.69 Å². The van der Waals surface area contributed by atoms with Crippen LogP contribution in [0.1, 0.15) is 6.92 Å². The molecule has 1 aromatic heterocycles. The zero-order chi connectivity index (χ0) is 13.8. The molecule has 98 valence electrons. The van der Waals surface area contributed by atoms with Gasteiger partial charge >= 0.3 is 0 Å². The van der Waals surface area contributed by atoms with Crippen LogP contribution in [0.3, 0.4) is 0 Å². The van der Waals surface area contributed by atoms with Crippen molar-refractivity contribution < 1.29 is 9.66 Å². The number of hydrogen-bond donors (Lipinski definition) is 0. The minimum Gasteiger partial charge on any atom is -0.494 e. The van der Waals surface area contributed by atoms with Gasteiger partial charge in [0.1, 0.15) is 16.6 Å². The van der Waals surface area contributed by atoms with Crippen LogP contribution < -0.4 is 4.74 Å². The molecule has 0 saturated heterocycles. The molecular formula is C13H11ClN2O3. The van der Waals surface area contributed by atoms with E-state index in [9.17, 15) is 10.1 Å². The maximum atomic E-state index is 11.0. The molecule has 0 radical (unpaired) electrons. The lowest BCUT2D eigenvalue weighted by Crippen LogP contribution is -1.96. The Balaban J connectivity index is 2.54. The minimum absolute atomic E-state index is 0.0851. The normalized spacial score (nSPS) is 10.2. The molecule has 1 heterocycles. The highest BCUT2D eigenvalue weighted by atomic mass is 35.5. The molecule has 0 fully saturated rings. The van der Waals surface area contributed by atoms with Crippen LogP contribution in [-0.4, -0.2) is 16.5 Å². The topological polar surface area (TPSA) is 65.3 Å². The summed E-state index contributed by atoms with van der Waals surface area (Å²) in [5.41, 5.74) is 0.747. The third-order valence-electron chi connectivity index (χ3n) is 2.46. The molecule has 2 rings (SSSR count). The van der Waals surface area contributed by atoms with Gasteiger partial charge in [0, 0.05) is 11.6 Å². The van der Waals surface area contributed by atoms with E-state index in [-0.39, 0.29) is 16.5 Å². The fourth-order valence-corrected chi connectivity index (χ4v) is 1.84. The van der Waals surface area contributed by atoms with Crippen LogP contribution in [-0.2, 0) is 0 Å². The zero-order valence-electron chi connectivity index (χ0n) is 10.2. The number of hydrogen-bond acceptors (Lipinski definition) is 4. The van der Waals surface area contributed by atoms with Crippen LogP contribution in [0.5, 0.6) is 5.75 Å². The molecule has 5 nitrogen and oxygen atoms in total. The van der Waals surface area contributed by atoms with Crippen molar-refractivity contribution in [2.75, 3.05) is 6.61 Å². The van der Waals surface area contributed by atoms with Gasteiger partial charge in [-0.25, -0.2) is 4.98 Å². The van der Waals surface area contributed by atoms with Gasteiger partial charge in [-0.1, -0.05) is 23.7 Å². The first kappa shape index (κ1) is 13.3. The molecule has 2 aromatic rings. The summed E-state index contributed by atoms with van der Waals surface area (Å²) in [4.78, 5) is 14.6. The van der Waals surface area contributed by atoms with Crippen LogP contribution in [0.15, 0.2) is 36.4 Å². The van der Waals surface area contributed by atoms with Gasteiger partial charge in [0.15, 0.2) is 0 Å². The van der Waals surface area contributed by atoms with Crippen molar-refractivity contribution in [2.45, 2.75) is 6.92 Å². The van der Waals surface area contributed by atoms with E-state index >= 15 is 0 Å². The molecule has 1 aromatic carbocycles. The highest BCUT2D eigenvalue weighted by molar-refractivity contribution is 6.29. The third kappa shape index (κ3) is 3.00. The summed E-state index contributed by atoms with van der Waals surface area (Å²) in [6.45, 7) is 2.39.